The Morgan fingerprint density at radius 2 is 2.39 bits per heavy atom. The molecule has 1 N–H and O–H groups in total. The van der Waals surface area contributed by atoms with Crippen LogP contribution in [0.3, 0.4) is 0 Å². The van der Waals surface area contributed by atoms with Gasteiger partial charge in [0.15, 0.2) is 0 Å². The van der Waals surface area contributed by atoms with Gasteiger partial charge in [-0.05, 0) is 24.8 Å². The Morgan fingerprint density at radius 3 is 3.11 bits per heavy atom. The molecule has 1 aliphatic rings. The van der Waals surface area contributed by atoms with E-state index in [1.807, 2.05) is 18.4 Å². The van der Waals surface area contributed by atoms with Crippen molar-refractivity contribution in [3.05, 3.63) is 22.4 Å². The molecule has 1 atom stereocenters. The van der Waals surface area contributed by atoms with Crippen LogP contribution in [-0.2, 0) is 6.54 Å². The summed E-state index contributed by atoms with van der Waals surface area (Å²) in [4.78, 5) is 11.9. The van der Waals surface area contributed by atoms with E-state index in [0.29, 0.717) is 18.2 Å². The van der Waals surface area contributed by atoms with E-state index < -0.39 is 5.60 Å². The highest BCUT2D eigenvalue weighted by Crippen LogP contribution is 2.26. The van der Waals surface area contributed by atoms with E-state index >= 15 is 0 Å². The van der Waals surface area contributed by atoms with Crippen LogP contribution in [0.2, 0.25) is 5.15 Å². The highest BCUT2D eigenvalue weighted by Gasteiger charge is 2.31. The van der Waals surface area contributed by atoms with Gasteiger partial charge in [0.2, 0.25) is 0 Å². The molecule has 0 aliphatic carbocycles. The summed E-state index contributed by atoms with van der Waals surface area (Å²) in [5.74, 6) is 0.729. The van der Waals surface area contributed by atoms with Gasteiger partial charge in [0.05, 0.1) is 12.1 Å². The molecular formula is C12H14ClN3OS. The van der Waals surface area contributed by atoms with Crippen molar-refractivity contribution in [3.63, 3.8) is 0 Å². The smallest absolute Gasteiger partial charge is 0.145 e. The fraction of sp³-hybridized carbons (Fsp3) is 0.500. The van der Waals surface area contributed by atoms with Crippen molar-refractivity contribution in [2.24, 2.45) is 0 Å². The molecular weight excluding hydrogens is 270 g/mol. The summed E-state index contributed by atoms with van der Waals surface area (Å²) in [6.45, 7) is 4.04. The number of rotatable bonds is 2. The van der Waals surface area contributed by atoms with Gasteiger partial charge >= 0.3 is 0 Å². The first-order valence-electron chi connectivity index (χ1n) is 5.88. The lowest BCUT2D eigenvalue weighted by atomic mass is 10.1. The Kier molecular flexibility index (Phi) is 3.02. The summed E-state index contributed by atoms with van der Waals surface area (Å²) in [6, 6.07) is 1.94. The number of hydrogen-bond acceptors (Lipinski definition) is 5. The number of aromatic nitrogens is 2. The van der Waals surface area contributed by atoms with Crippen LogP contribution in [0.5, 0.6) is 0 Å². The minimum atomic E-state index is -0.586. The van der Waals surface area contributed by atoms with Gasteiger partial charge in [0, 0.05) is 18.5 Å². The Hall–Kier alpha value is -0.750. The maximum atomic E-state index is 9.93. The summed E-state index contributed by atoms with van der Waals surface area (Å²) in [7, 11) is 0. The van der Waals surface area contributed by atoms with Crippen LogP contribution >= 0.6 is 22.9 Å². The van der Waals surface area contributed by atoms with E-state index in [0.717, 1.165) is 29.0 Å². The van der Waals surface area contributed by atoms with E-state index in [1.54, 1.807) is 11.3 Å². The first-order chi connectivity index (χ1) is 8.53. The van der Waals surface area contributed by atoms with Crippen LogP contribution in [0.15, 0.2) is 11.4 Å². The van der Waals surface area contributed by atoms with Gasteiger partial charge in [-0.3, -0.25) is 4.90 Å². The molecule has 0 amide bonds. The van der Waals surface area contributed by atoms with Crippen LogP contribution in [0.25, 0.3) is 10.2 Å². The minimum absolute atomic E-state index is 0.516. The molecule has 18 heavy (non-hydrogen) atoms. The molecule has 3 heterocycles. The normalized spacial score (nSPS) is 25.1. The molecule has 1 saturated heterocycles. The maximum Gasteiger partial charge on any atom is 0.145 e. The monoisotopic (exact) mass is 283 g/mol. The molecule has 0 spiro atoms. The lowest BCUT2D eigenvalue weighted by Crippen LogP contribution is -2.29. The van der Waals surface area contributed by atoms with E-state index in [4.69, 9.17) is 11.6 Å². The van der Waals surface area contributed by atoms with Crippen molar-refractivity contribution in [1.82, 2.24) is 14.9 Å². The molecule has 0 bridgehead atoms. The number of hydrogen-bond donors (Lipinski definition) is 1. The summed E-state index contributed by atoms with van der Waals surface area (Å²) in [5, 5.41) is 13.3. The molecule has 0 saturated carbocycles. The maximum absolute atomic E-state index is 9.93. The number of β-amino-alcohol motifs (C(OH)–C–C–N with tert-alkyl or cyclic N) is 1. The van der Waals surface area contributed by atoms with E-state index in [-0.39, 0.29) is 0 Å². The van der Waals surface area contributed by atoms with Crippen LogP contribution in [0, 0.1) is 0 Å². The molecule has 0 aromatic carbocycles. The number of fused-ring (bicyclic) bond motifs is 1. The Labute approximate surface area is 114 Å². The Balaban J connectivity index is 1.83. The highest BCUT2D eigenvalue weighted by atomic mass is 35.5. The molecule has 4 nitrogen and oxygen atoms in total. The van der Waals surface area contributed by atoms with Gasteiger partial charge in [0.1, 0.15) is 15.8 Å². The molecule has 6 heteroatoms. The van der Waals surface area contributed by atoms with Crippen molar-refractivity contribution >= 4 is 33.2 Å². The van der Waals surface area contributed by atoms with Gasteiger partial charge in [-0.15, -0.1) is 11.3 Å². The van der Waals surface area contributed by atoms with Crippen molar-refractivity contribution in [2.45, 2.75) is 25.5 Å². The quantitative estimate of drug-likeness (QED) is 0.859. The molecule has 0 radical (unpaired) electrons. The number of halogens is 1. The van der Waals surface area contributed by atoms with Crippen LogP contribution in [0.1, 0.15) is 19.2 Å². The number of likely N-dealkylation sites (tertiary alicyclic amines) is 1. The number of thiophene rings is 1. The predicted octanol–water partition coefficient (Wildman–Crippen LogP) is 2.30. The average Bonchev–Trinajstić information content (AvgIpc) is 2.85. The third-order valence-corrected chi connectivity index (χ3v) is 4.32. The van der Waals surface area contributed by atoms with Gasteiger partial charge in [-0.25, -0.2) is 9.97 Å². The zero-order chi connectivity index (χ0) is 12.8. The van der Waals surface area contributed by atoms with Crippen LogP contribution in [0.4, 0.5) is 0 Å². The number of nitrogens with zero attached hydrogens (tertiary/aromatic N) is 3. The molecule has 2 aromatic rings. The van der Waals surface area contributed by atoms with Crippen molar-refractivity contribution in [3.8, 4) is 0 Å². The summed E-state index contributed by atoms with van der Waals surface area (Å²) in [6.07, 6.45) is 0.794. The lowest BCUT2D eigenvalue weighted by molar-refractivity contribution is 0.0676. The van der Waals surface area contributed by atoms with Gasteiger partial charge in [-0.2, -0.15) is 0 Å². The fourth-order valence-electron chi connectivity index (χ4n) is 2.31. The second kappa shape index (κ2) is 4.42. The molecule has 1 aliphatic heterocycles. The van der Waals surface area contributed by atoms with E-state index in [1.165, 1.54) is 0 Å². The van der Waals surface area contributed by atoms with Crippen molar-refractivity contribution in [1.29, 1.82) is 0 Å². The second-order valence-electron chi connectivity index (χ2n) is 5.03. The third-order valence-electron chi connectivity index (χ3n) is 3.22. The van der Waals surface area contributed by atoms with Crippen LogP contribution < -0.4 is 0 Å². The summed E-state index contributed by atoms with van der Waals surface area (Å²) >= 11 is 7.70. The van der Waals surface area contributed by atoms with Gasteiger partial charge in [0.25, 0.3) is 0 Å². The lowest BCUT2D eigenvalue weighted by Gasteiger charge is -2.17. The zero-order valence-electron chi connectivity index (χ0n) is 10.1. The van der Waals surface area contributed by atoms with Crippen LogP contribution in [-0.4, -0.2) is 38.7 Å². The van der Waals surface area contributed by atoms with E-state index in [9.17, 15) is 5.11 Å². The highest BCUT2D eigenvalue weighted by molar-refractivity contribution is 7.16. The first-order valence-corrected chi connectivity index (χ1v) is 7.14. The second-order valence-corrected chi connectivity index (χ2v) is 6.28. The Morgan fingerprint density at radius 1 is 1.56 bits per heavy atom. The largest absolute Gasteiger partial charge is 0.389 e. The number of aliphatic hydroxyl groups is 1. The summed E-state index contributed by atoms with van der Waals surface area (Å²) in [5.41, 5.74) is -0.586. The van der Waals surface area contributed by atoms with Crippen molar-refractivity contribution in [2.75, 3.05) is 13.1 Å². The van der Waals surface area contributed by atoms with E-state index in [2.05, 4.69) is 14.9 Å². The topological polar surface area (TPSA) is 49.2 Å². The Bertz CT molecular complexity index is 584. The molecule has 1 fully saturated rings. The summed E-state index contributed by atoms with van der Waals surface area (Å²) < 4.78 is 0. The van der Waals surface area contributed by atoms with Crippen molar-refractivity contribution < 1.29 is 5.11 Å². The fourth-order valence-corrected chi connectivity index (χ4v) is 3.39. The standard InChI is InChI=1S/C12H14ClN3OS/c1-12(17)3-4-16(7-12)6-9-14-10(13)8-2-5-18-11(8)15-9/h2,5,17H,3-4,6-7H2,1H3. The zero-order valence-corrected chi connectivity index (χ0v) is 11.6. The van der Waals surface area contributed by atoms with Gasteiger partial charge < -0.3 is 5.11 Å². The minimum Gasteiger partial charge on any atom is -0.389 e. The molecule has 1 unspecified atom stereocenters. The van der Waals surface area contributed by atoms with Gasteiger partial charge in [-0.1, -0.05) is 11.6 Å². The molecule has 3 rings (SSSR count). The first kappa shape index (κ1) is 12.3. The average molecular weight is 284 g/mol. The third kappa shape index (κ3) is 2.36. The molecule has 96 valence electrons. The predicted molar refractivity (Wildman–Crippen MR) is 72.9 cm³/mol. The molecule has 2 aromatic heterocycles. The SMILES string of the molecule is CC1(O)CCN(Cc2nc(Cl)c3ccsc3n2)C1.